The van der Waals surface area contributed by atoms with E-state index in [2.05, 4.69) is 21.2 Å². The standard InChI is InChI=1S/C15H28N6O/c1-19(2)8-9-22-14-11-12(21-6-4-18-5-7-21)10-13(15(16)17)20(14)3/h10-11,13,18H,4-9H2,1-3H3,(H3,16,17). The fraction of sp³-hybridized carbons (Fsp3) is 0.667. The lowest BCUT2D eigenvalue weighted by Gasteiger charge is -2.37. The van der Waals surface area contributed by atoms with Crippen molar-refractivity contribution in [2.24, 2.45) is 5.73 Å². The van der Waals surface area contributed by atoms with Crippen LogP contribution in [0.5, 0.6) is 0 Å². The summed E-state index contributed by atoms with van der Waals surface area (Å²) in [5.74, 6) is 0.912. The number of likely N-dealkylation sites (N-methyl/N-ethyl adjacent to an activating group) is 2. The third kappa shape index (κ3) is 4.14. The molecule has 1 saturated heterocycles. The molecule has 22 heavy (non-hydrogen) atoms. The maximum atomic E-state index is 7.83. The molecular formula is C15H28N6O. The highest BCUT2D eigenvalue weighted by molar-refractivity contribution is 5.85. The van der Waals surface area contributed by atoms with Gasteiger partial charge in [0.1, 0.15) is 18.5 Å². The summed E-state index contributed by atoms with van der Waals surface area (Å²) < 4.78 is 5.92. The molecule has 1 atom stereocenters. The molecule has 2 aliphatic heterocycles. The number of rotatable bonds is 6. The predicted octanol–water partition coefficient (Wildman–Crippen LogP) is -0.555. The summed E-state index contributed by atoms with van der Waals surface area (Å²) in [5.41, 5.74) is 6.86. The van der Waals surface area contributed by atoms with Crippen LogP contribution in [0.4, 0.5) is 0 Å². The molecule has 0 aromatic carbocycles. The number of nitrogens with zero attached hydrogens (tertiary/aromatic N) is 3. The van der Waals surface area contributed by atoms with Gasteiger partial charge < -0.3 is 30.5 Å². The number of amidine groups is 1. The molecule has 0 aromatic heterocycles. The second kappa shape index (κ2) is 7.51. The van der Waals surface area contributed by atoms with Crippen molar-refractivity contribution in [3.8, 4) is 0 Å². The van der Waals surface area contributed by atoms with Gasteiger partial charge in [-0.25, -0.2) is 0 Å². The molecule has 124 valence electrons. The Balaban J connectivity index is 2.12. The lowest BCUT2D eigenvalue weighted by molar-refractivity contribution is 0.107. The molecule has 0 bridgehead atoms. The molecule has 4 N–H and O–H groups in total. The second-order valence-corrected chi connectivity index (χ2v) is 5.97. The number of hydrogen-bond acceptors (Lipinski definition) is 6. The van der Waals surface area contributed by atoms with E-state index in [0.717, 1.165) is 44.3 Å². The summed E-state index contributed by atoms with van der Waals surface area (Å²) in [6.07, 6.45) is 4.10. The summed E-state index contributed by atoms with van der Waals surface area (Å²) in [6, 6.07) is -0.246. The van der Waals surface area contributed by atoms with Crippen LogP contribution in [0.15, 0.2) is 23.7 Å². The number of piperazine rings is 1. The van der Waals surface area contributed by atoms with Crippen LogP contribution >= 0.6 is 0 Å². The number of nitrogens with one attached hydrogen (secondary N) is 2. The Morgan fingerprint density at radius 2 is 2.14 bits per heavy atom. The highest BCUT2D eigenvalue weighted by Crippen LogP contribution is 2.22. The molecule has 7 heteroatoms. The molecule has 1 unspecified atom stereocenters. The Bertz CT molecular complexity index is 453. The minimum atomic E-state index is -0.246. The van der Waals surface area contributed by atoms with Crippen LogP contribution in [0.3, 0.4) is 0 Å². The average Bonchev–Trinajstić information content (AvgIpc) is 2.49. The van der Waals surface area contributed by atoms with Crippen LogP contribution in [0, 0.1) is 5.41 Å². The molecule has 0 saturated carbocycles. The Morgan fingerprint density at radius 1 is 1.45 bits per heavy atom. The van der Waals surface area contributed by atoms with Gasteiger partial charge in [0.25, 0.3) is 0 Å². The van der Waals surface area contributed by atoms with Gasteiger partial charge in [0.2, 0.25) is 0 Å². The van der Waals surface area contributed by atoms with Crippen LogP contribution in [-0.4, -0.2) is 87.1 Å². The quantitative estimate of drug-likeness (QED) is 0.451. The zero-order valence-electron chi connectivity index (χ0n) is 13.8. The highest BCUT2D eigenvalue weighted by Gasteiger charge is 2.26. The van der Waals surface area contributed by atoms with E-state index < -0.39 is 0 Å². The molecule has 0 amide bonds. The lowest BCUT2D eigenvalue weighted by atomic mass is 10.1. The Hall–Kier alpha value is -1.73. The Labute approximate surface area is 132 Å². The van der Waals surface area contributed by atoms with Crippen LogP contribution in [0.1, 0.15) is 0 Å². The van der Waals surface area contributed by atoms with E-state index in [4.69, 9.17) is 15.9 Å². The molecule has 0 radical (unpaired) electrons. The van der Waals surface area contributed by atoms with E-state index in [1.165, 1.54) is 0 Å². The molecule has 0 aliphatic carbocycles. The van der Waals surface area contributed by atoms with Crippen molar-refractivity contribution >= 4 is 5.84 Å². The average molecular weight is 308 g/mol. The van der Waals surface area contributed by atoms with Gasteiger partial charge in [-0.3, -0.25) is 5.41 Å². The summed E-state index contributed by atoms with van der Waals surface area (Å²) in [4.78, 5) is 6.32. The SMILES string of the molecule is CN(C)CCOC1=CC(N2CCNCC2)=CC(C(=N)N)N1C. The summed E-state index contributed by atoms with van der Waals surface area (Å²) >= 11 is 0. The zero-order valence-corrected chi connectivity index (χ0v) is 13.8. The van der Waals surface area contributed by atoms with Crippen LogP contribution in [0.2, 0.25) is 0 Å². The normalized spacial score (nSPS) is 22.5. The zero-order chi connectivity index (χ0) is 16.1. The van der Waals surface area contributed by atoms with E-state index in [0.29, 0.717) is 6.61 Å². The van der Waals surface area contributed by atoms with Crippen molar-refractivity contribution in [1.29, 1.82) is 5.41 Å². The molecule has 1 fully saturated rings. The van der Waals surface area contributed by atoms with Gasteiger partial charge in [-0.2, -0.15) is 0 Å². The number of allylic oxidation sites excluding steroid dienone is 1. The number of hydrogen-bond donors (Lipinski definition) is 3. The van der Waals surface area contributed by atoms with E-state index in [1.54, 1.807) is 0 Å². The van der Waals surface area contributed by atoms with Crippen molar-refractivity contribution in [2.45, 2.75) is 6.04 Å². The fourth-order valence-electron chi connectivity index (χ4n) is 2.58. The fourth-order valence-corrected chi connectivity index (χ4v) is 2.58. The molecule has 0 spiro atoms. The maximum absolute atomic E-state index is 7.83. The van der Waals surface area contributed by atoms with Gasteiger partial charge in [0, 0.05) is 51.5 Å². The van der Waals surface area contributed by atoms with Crippen LogP contribution in [-0.2, 0) is 4.74 Å². The van der Waals surface area contributed by atoms with Gasteiger partial charge in [-0.1, -0.05) is 0 Å². The maximum Gasteiger partial charge on any atom is 0.192 e. The van der Waals surface area contributed by atoms with Crippen molar-refractivity contribution in [2.75, 3.05) is 60.5 Å². The molecule has 2 rings (SSSR count). The number of ether oxygens (including phenoxy) is 1. The Morgan fingerprint density at radius 3 is 2.73 bits per heavy atom. The van der Waals surface area contributed by atoms with Gasteiger partial charge in [0.15, 0.2) is 5.88 Å². The first-order valence-electron chi connectivity index (χ1n) is 7.72. The smallest absolute Gasteiger partial charge is 0.192 e. The van der Waals surface area contributed by atoms with Gasteiger partial charge in [-0.05, 0) is 20.2 Å². The molecule has 7 nitrogen and oxygen atoms in total. The second-order valence-electron chi connectivity index (χ2n) is 5.97. The molecular weight excluding hydrogens is 280 g/mol. The summed E-state index contributed by atoms with van der Waals surface area (Å²) in [6.45, 7) is 5.33. The van der Waals surface area contributed by atoms with E-state index >= 15 is 0 Å². The van der Waals surface area contributed by atoms with Crippen molar-refractivity contribution in [3.05, 3.63) is 23.7 Å². The van der Waals surface area contributed by atoms with Gasteiger partial charge in [-0.15, -0.1) is 0 Å². The van der Waals surface area contributed by atoms with Crippen molar-refractivity contribution in [3.63, 3.8) is 0 Å². The minimum Gasteiger partial charge on any atom is -0.478 e. The van der Waals surface area contributed by atoms with Gasteiger partial charge in [0.05, 0.1) is 0 Å². The lowest BCUT2D eigenvalue weighted by Crippen LogP contribution is -2.47. The minimum absolute atomic E-state index is 0.136. The summed E-state index contributed by atoms with van der Waals surface area (Å²) in [7, 11) is 5.96. The van der Waals surface area contributed by atoms with E-state index in [1.807, 2.05) is 32.1 Å². The van der Waals surface area contributed by atoms with Crippen LogP contribution < -0.4 is 11.1 Å². The largest absolute Gasteiger partial charge is 0.478 e. The first kappa shape index (κ1) is 16.6. The predicted molar refractivity (Wildman–Crippen MR) is 88.6 cm³/mol. The Kier molecular flexibility index (Phi) is 5.68. The summed E-state index contributed by atoms with van der Waals surface area (Å²) in [5, 5.41) is 11.2. The topological polar surface area (TPSA) is 80.8 Å². The molecule has 2 heterocycles. The number of nitrogens with two attached hydrogens (primary N) is 1. The van der Waals surface area contributed by atoms with E-state index in [-0.39, 0.29) is 11.9 Å². The first-order chi connectivity index (χ1) is 10.5. The first-order valence-corrected chi connectivity index (χ1v) is 7.72. The van der Waals surface area contributed by atoms with E-state index in [9.17, 15) is 0 Å². The molecule has 0 aromatic rings. The van der Waals surface area contributed by atoms with Gasteiger partial charge >= 0.3 is 0 Å². The third-order valence-electron chi connectivity index (χ3n) is 3.95. The highest BCUT2D eigenvalue weighted by atomic mass is 16.5. The third-order valence-corrected chi connectivity index (χ3v) is 3.95. The molecule has 2 aliphatic rings. The van der Waals surface area contributed by atoms with Crippen molar-refractivity contribution in [1.82, 2.24) is 20.0 Å². The van der Waals surface area contributed by atoms with Crippen molar-refractivity contribution < 1.29 is 4.74 Å². The monoisotopic (exact) mass is 308 g/mol. The van der Waals surface area contributed by atoms with Crippen LogP contribution in [0.25, 0.3) is 0 Å².